The lowest BCUT2D eigenvalue weighted by atomic mass is 10.0. The van der Waals surface area contributed by atoms with Crippen LogP contribution in [-0.4, -0.2) is 33.4 Å². The van der Waals surface area contributed by atoms with Crippen LogP contribution in [-0.2, 0) is 11.2 Å². The van der Waals surface area contributed by atoms with Gasteiger partial charge in [-0.3, -0.25) is 0 Å². The summed E-state index contributed by atoms with van der Waals surface area (Å²) >= 11 is 3.58. The van der Waals surface area contributed by atoms with E-state index in [1.165, 1.54) is 5.56 Å². The van der Waals surface area contributed by atoms with E-state index in [9.17, 15) is 0 Å². The molecule has 0 spiro atoms. The van der Waals surface area contributed by atoms with Gasteiger partial charge in [-0.15, -0.1) is 0 Å². The summed E-state index contributed by atoms with van der Waals surface area (Å²) in [7, 11) is 3.68. The highest BCUT2D eigenvalue weighted by Crippen LogP contribution is 2.24. The fourth-order valence-electron chi connectivity index (χ4n) is 1.82. The van der Waals surface area contributed by atoms with Crippen LogP contribution >= 0.6 is 15.9 Å². The lowest BCUT2D eigenvalue weighted by molar-refractivity contribution is 0.137. The third-order valence-corrected chi connectivity index (χ3v) is 3.72. The maximum Gasteiger partial charge on any atom is 0.119 e. The summed E-state index contributed by atoms with van der Waals surface area (Å²) in [5.74, 6) is 0.896. The van der Waals surface area contributed by atoms with Crippen molar-refractivity contribution in [2.45, 2.75) is 25.8 Å². The minimum absolute atomic E-state index is 0.417. The summed E-state index contributed by atoms with van der Waals surface area (Å²) in [4.78, 5) is 0. The molecule has 1 atom stereocenters. The summed E-state index contributed by atoms with van der Waals surface area (Å²) in [6.07, 6.45) is 1.97. The van der Waals surface area contributed by atoms with Crippen LogP contribution in [0, 0.1) is 0 Å². The van der Waals surface area contributed by atoms with Crippen LogP contribution in [0.5, 0.6) is 5.75 Å². The van der Waals surface area contributed by atoms with Crippen molar-refractivity contribution in [2.75, 3.05) is 27.4 Å². The smallest absolute Gasteiger partial charge is 0.119 e. The maximum absolute atomic E-state index is 5.40. The van der Waals surface area contributed by atoms with Crippen molar-refractivity contribution in [3.05, 3.63) is 28.2 Å². The van der Waals surface area contributed by atoms with Gasteiger partial charge in [-0.1, -0.05) is 15.9 Å². The highest BCUT2D eigenvalue weighted by Gasteiger charge is 2.10. The Kier molecular flexibility index (Phi) is 7.32. The predicted octanol–water partition coefficient (Wildman–Crippen LogP) is 3.01. The van der Waals surface area contributed by atoms with Gasteiger partial charge < -0.3 is 14.8 Å². The quantitative estimate of drug-likeness (QED) is 0.748. The SMILES string of the molecule is CCOCCC(Cc1cc(OC)ccc1Br)NC. The second-order valence-corrected chi connectivity index (χ2v) is 4.99. The van der Waals surface area contributed by atoms with Crippen molar-refractivity contribution in [1.82, 2.24) is 5.32 Å². The number of nitrogens with one attached hydrogen (secondary N) is 1. The molecule has 0 amide bonds. The molecule has 0 heterocycles. The van der Waals surface area contributed by atoms with Crippen LogP contribution in [0.4, 0.5) is 0 Å². The van der Waals surface area contributed by atoms with Crippen molar-refractivity contribution in [3.8, 4) is 5.75 Å². The maximum atomic E-state index is 5.40. The lowest BCUT2D eigenvalue weighted by Gasteiger charge is -2.17. The van der Waals surface area contributed by atoms with Crippen LogP contribution in [0.2, 0.25) is 0 Å². The second-order valence-electron chi connectivity index (χ2n) is 4.13. The molecule has 0 aliphatic carbocycles. The van der Waals surface area contributed by atoms with Crippen LogP contribution in [0.1, 0.15) is 18.9 Å². The Balaban J connectivity index is 2.62. The van der Waals surface area contributed by atoms with Crippen LogP contribution < -0.4 is 10.1 Å². The van der Waals surface area contributed by atoms with Crippen molar-refractivity contribution in [3.63, 3.8) is 0 Å². The Morgan fingerprint density at radius 1 is 1.39 bits per heavy atom. The second kappa shape index (κ2) is 8.51. The Hall–Kier alpha value is -0.580. The molecule has 4 heteroatoms. The molecule has 1 rings (SSSR count). The average Bonchev–Trinajstić information content (AvgIpc) is 2.40. The van der Waals surface area contributed by atoms with Crippen molar-refractivity contribution < 1.29 is 9.47 Å². The van der Waals surface area contributed by atoms with Crippen LogP contribution in [0.3, 0.4) is 0 Å². The Morgan fingerprint density at radius 2 is 2.17 bits per heavy atom. The molecular weight excluding hydrogens is 294 g/mol. The van der Waals surface area contributed by atoms with Crippen molar-refractivity contribution in [1.29, 1.82) is 0 Å². The molecule has 0 saturated carbocycles. The zero-order valence-corrected chi connectivity index (χ0v) is 12.9. The molecule has 0 fully saturated rings. The minimum atomic E-state index is 0.417. The molecule has 3 nitrogen and oxygen atoms in total. The third-order valence-electron chi connectivity index (χ3n) is 2.94. The van der Waals surface area contributed by atoms with Gasteiger partial charge in [0.2, 0.25) is 0 Å². The molecule has 0 radical (unpaired) electrons. The number of benzene rings is 1. The number of rotatable bonds is 8. The molecule has 1 unspecified atom stereocenters. The third kappa shape index (κ3) is 4.96. The Morgan fingerprint density at radius 3 is 2.78 bits per heavy atom. The molecule has 1 aromatic rings. The van der Waals surface area contributed by atoms with E-state index in [2.05, 4.69) is 27.3 Å². The van der Waals surface area contributed by atoms with Gasteiger partial charge in [0.1, 0.15) is 5.75 Å². The van der Waals surface area contributed by atoms with Gasteiger partial charge in [-0.25, -0.2) is 0 Å². The summed E-state index contributed by atoms with van der Waals surface area (Å²) < 4.78 is 11.8. The number of hydrogen-bond donors (Lipinski definition) is 1. The molecule has 0 saturated heterocycles. The van der Waals surface area contributed by atoms with E-state index in [0.717, 1.165) is 36.3 Å². The summed E-state index contributed by atoms with van der Waals surface area (Å²) in [6, 6.07) is 6.49. The number of halogens is 1. The predicted molar refractivity (Wildman–Crippen MR) is 78.4 cm³/mol. The van der Waals surface area contributed by atoms with Gasteiger partial charge in [0.25, 0.3) is 0 Å². The molecule has 18 heavy (non-hydrogen) atoms. The highest BCUT2D eigenvalue weighted by molar-refractivity contribution is 9.10. The normalized spacial score (nSPS) is 12.4. The fraction of sp³-hybridized carbons (Fsp3) is 0.571. The number of hydrogen-bond acceptors (Lipinski definition) is 3. The fourth-order valence-corrected chi connectivity index (χ4v) is 2.23. The monoisotopic (exact) mass is 315 g/mol. The number of likely N-dealkylation sites (N-methyl/N-ethyl adjacent to an activating group) is 1. The molecule has 0 aliphatic heterocycles. The number of ether oxygens (including phenoxy) is 2. The first-order valence-electron chi connectivity index (χ1n) is 6.28. The van der Waals surface area contributed by atoms with Gasteiger partial charge in [0, 0.05) is 23.7 Å². The Bertz CT molecular complexity index is 358. The first-order chi connectivity index (χ1) is 8.71. The van der Waals surface area contributed by atoms with Gasteiger partial charge in [0.15, 0.2) is 0 Å². The zero-order chi connectivity index (χ0) is 13.4. The van der Waals surface area contributed by atoms with E-state index < -0.39 is 0 Å². The molecule has 1 N–H and O–H groups in total. The highest BCUT2D eigenvalue weighted by atomic mass is 79.9. The van der Waals surface area contributed by atoms with E-state index in [1.54, 1.807) is 7.11 Å². The molecule has 0 bridgehead atoms. The van der Waals surface area contributed by atoms with E-state index in [0.29, 0.717) is 6.04 Å². The summed E-state index contributed by atoms with van der Waals surface area (Å²) in [5.41, 5.74) is 1.25. The summed E-state index contributed by atoms with van der Waals surface area (Å²) in [6.45, 7) is 3.59. The largest absolute Gasteiger partial charge is 0.497 e. The minimum Gasteiger partial charge on any atom is -0.497 e. The molecule has 102 valence electrons. The molecular formula is C14H22BrNO2. The van der Waals surface area contributed by atoms with Crippen molar-refractivity contribution >= 4 is 15.9 Å². The first kappa shape index (κ1) is 15.5. The average molecular weight is 316 g/mol. The van der Waals surface area contributed by atoms with E-state index >= 15 is 0 Å². The van der Waals surface area contributed by atoms with Crippen molar-refractivity contribution in [2.24, 2.45) is 0 Å². The lowest BCUT2D eigenvalue weighted by Crippen LogP contribution is -2.29. The standard InChI is InChI=1S/C14H22BrNO2/c1-4-18-8-7-12(16-2)9-11-10-13(17-3)5-6-14(11)15/h5-6,10,12,16H,4,7-9H2,1-3H3. The van der Waals surface area contributed by atoms with E-state index in [1.807, 2.05) is 26.1 Å². The molecule has 0 aliphatic rings. The molecule has 0 aromatic heterocycles. The summed E-state index contributed by atoms with van der Waals surface area (Å²) in [5, 5.41) is 3.33. The van der Waals surface area contributed by atoms with Crippen LogP contribution in [0.15, 0.2) is 22.7 Å². The molecule has 1 aromatic carbocycles. The van der Waals surface area contributed by atoms with Gasteiger partial charge in [0.05, 0.1) is 7.11 Å². The Labute approximate surface area is 118 Å². The topological polar surface area (TPSA) is 30.5 Å². The van der Waals surface area contributed by atoms with E-state index in [-0.39, 0.29) is 0 Å². The number of methoxy groups -OCH3 is 1. The zero-order valence-electron chi connectivity index (χ0n) is 11.3. The van der Waals surface area contributed by atoms with Gasteiger partial charge in [-0.05, 0) is 50.6 Å². The van der Waals surface area contributed by atoms with Crippen LogP contribution in [0.25, 0.3) is 0 Å². The van der Waals surface area contributed by atoms with Gasteiger partial charge >= 0.3 is 0 Å². The van der Waals surface area contributed by atoms with E-state index in [4.69, 9.17) is 9.47 Å². The first-order valence-corrected chi connectivity index (χ1v) is 7.08. The van der Waals surface area contributed by atoms with Gasteiger partial charge in [-0.2, -0.15) is 0 Å².